The van der Waals surface area contributed by atoms with Crippen LogP contribution in [0.2, 0.25) is 0 Å². The maximum absolute atomic E-state index is 14.1. The van der Waals surface area contributed by atoms with Crippen molar-refractivity contribution >= 4 is 37.5 Å². The van der Waals surface area contributed by atoms with Crippen molar-refractivity contribution in [3.05, 3.63) is 66.2 Å². The summed E-state index contributed by atoms with van der Waals surface area (Å²) in [6.45, 7) is 0. The third kappa shape index (κ3) is 2.57. The summed E-state index contributed by atoms with van der Waals surface area (Å²) in [4.78, 5) is 7.26. The Kier molecular flexibility index (Phi) is 3.63. The fourth-order valence-electron chi connectivity index (χ4n) is 2.82. The number of H-pyrrole nitrogens is 1. The van der Waals surface area contributed by atoms with Crippen LogP contribution < -0.4 is 4.72 Å². The smallest absolute Gasteiger partial charge is 0.264 e. The highest BCUT2D eigenvalue weighted by molar-refractivity contribution is 7.93. The molecule has 0 saturated heterocycles. The van der Waals surface area contributed by atoms with Crippen LogP contribution in [-0.4, -0.2) is 18.4 Å². The molecule has 0 radical (unpaired) electrons. The van der Waals surface area contributed by atoms with Gasteiger partial charge in [0, 0.05) is 28.7 Å². The summed E-state index contributed by atoms with van der Waals surface area (Å²) in [7, 11) is -4.01. The van der Waals surface area contributed by atoms with E-state index in [0.29, 0.717) is 22.0 Å². The summed E-state index contributed by atoms with van der Waals surface area (Å²) in [5, 5.41) is 1.36. The Hall–Kier alpha value is -3.37. The molecule has 0 unspecified atom stereocenters. The molecule has 2 heterocycles. The Balaban J connectivity index is 1.81. The van der Waals surface area contributed by atoms with Crippen molar-refractivity contribution in [2.24, 2.45) is 0 Å². The SMILES string of the molecule is C#Cc1ccc(NS(=O)(=O)c2c[nH]c3c2ccc2cccnc23)c(F)c1. The van der Waals surface area contributed by atoms with Gasteiger partial charge in [0.1, 0.15) is 10.7 Å². The molecule has 4 rings (SSSR count). The molecular formula is C19H12FN3O2S. The van der Waals surface area contributed by atoms with E-state index in [2.05, 4.69) is 20.6 Å². The largest absolute Gasteiger partial charge is 0.358 e. The minimum Gasteiger partial charge on any atom is -0.358 e. The number of hydrogen-bond acceptors (Lipinski definition) is 3. The lowest BCUT2D eigenvalue weighted by Crippen LogP contribution is -2.13. The zero-order chi connectivity index (χ0) is 18.3. The number of fused-ring (bicyclic) bond motifs is 3. The van der Waals surface area contributed by atoms with E-state index >= 15 is 0 Å². The van der Waals surface area contributed by atoms with Crippen molar-refractivity contribution in [3.63, 3.8) is 0 Å². The maximum atomic E-state index is 14.1. The number of nitrogens with zero attached hydrogens (tertiary/aromatic N) is 1. The number of aromatic amines is 1. The predicted molar refractivity (Wildman–Crippen MR) is 98.7 cm³/mol. The van der Waals surface area contributed by atoms with Crippen molar-refractivity contribution in [1.82, 2.24) is 9.97 Å². The second kappa shape index (κ2) is 5.86. The molecule has 0 aliphatic carbocycles. The third-order valence-corrected chi connectivity index (χ3v) is 5.46. The number of rotatable bonds is 3. The fraction of sp³-hybridized carbons (Fsp3) is 0. The fourth-order valence-corrected chi connectivity index (χ4v) is 4.06. The lowest BCUT2D eigenvalue weighted by atomic mass is 10.1. The van der Waals surface area contributed by atoms with Crippen LogP contribution in [0.4, 0.5) is 10.1 Å². The van der Waals surface area contributed by atoms with E-state index in [9.17, 15) is 12.8 Å². The third-order valence-electron chi connectivity index (χ3n) is 4.06. The van der Waals surface area contributed by atoms with E-state index in [1.165, 1.54) is 18.3 Å². The molecule has 7 heteroatoms. The van der Waals surface area contributed by atoms with E-state index in [1.54, 1.807) is 24.4 Å². The standard InChI is InChI=1S/C19H12FN3O2S/c1-2-12-5-8-16(15(20)10-12)23-26(24,25)17-11-22-19-14(17)7-6-13-4-3-9-21-18(13)19/h1,3-11,22-23H. The Morgan fingerprint density at radius 2 is 2.04 bits per heavy atom. The molecule has 0 fully saturated rings. The van der Waals surface area contributed by atoms with Crippen LogP contribution in [0.15, 0.2) is 59.8 Å². The first-order valence-corrected chi connectivity index (χ1v) is 9.12. The number of hydrogen-bond donors (Lipinski definition) is 2. The molecule has 0 bridgehead atoms. The quantitative estimate of drug-likeness (QED) is 0.544. The highest BCUT2D eigenvalue weighted by atomic mass is 32.2. The van der Waals surface area contributed by atoms with Gasteiger partial charge in [0.05, 0.1) is 16.7 Å². The zero-order valence-corrected chi connectivity index (χ0v) is 14.1. The van der Waals surface area contributed by atoms with Crippen LogP contribution >= 0.6 is 0 Å². The molecule has 0 aliphatic rings. The van der Waals surface area contributed by atoms with E-state index in [4.69, 9.17) is 6.42 Å². The minimum absolute atomic E-state index is 0.0143. The summed E-state index contributed by atoms with van der Waals surface area (Å²) in [6, 6.07) is 11.0. The molecule has 2 aromatic heterocycles. The highest BCUT2D eigenvalue weighted by Crippen LogP contribution is 2.29. The minimum atomic E-state index is -4.01. The van der Waals surface area contributed by atoms with E-state index < -0.39 is 15.8 Å². The molecule has 0 atom stereocenters. The first-order valence-electron chi connectivity index (χ1n) is 7.63. The maximum Gasteiger partial charge on any atom is 0.264 e. The molecule has 0 amide bonds. The Morgan fingerprint density at radius 3 is 2.81 bits per heavy atom. The van der Waals surface area contributed by atoms with E-state index in [1.807, 2.05) is 6.07 Å². The van der Waals surface area contributed by atoms with E-state index in [-0.39, 0.29) is 10.6 Å². The second-order valence-electron chi connectivity index (χ2n) is 5.66. The van der Waals surface area contributed by atoms with Crippen molar-refractivity contribution in [2.75, 3.05) is 4.72 Å². The van der Waals surface area contributed by atoms with Crippen molar-refractivity contribution in [3.8, 4) is 12.3 Å². The molecule has 0 saturated carbocycles. The Labute approximate surface area is 148 Å². The first kappa shape index (κ1) is 16.1. The molecule has 4 aromatic rings. The number of benzene rings is 2. The average molecular weight is 365 g/mol. The number of anilines is 1. The van der Waals surface area contributed by atoms with Gasteiger partial charge < -0.3 is 4.98 Å². The van der Waals surface area contributed by atoms with Crippen molar-refractivity contribution in [2.45, 2.75) is 4.90 Å². The van der Waals surface area contributed by atoms with Crippen LogP contribution in [0.3, 0.4) is 0 Å². The van der Waals surface area contributed by atoms with Crippen LogP contribution in [0.5, 0.6) is 0 Å². The Morgan fingerprint density at radius 1 is 1.19 bits per heavy atom. The van der Waals surface area contributed by atoms with Gasteiger partial charge in [-0.05, 0) is 24.3 Å². The topological polar surface area (TPSA) is 74.8 Å². The average Bonchev–Trinajstić information content (AvgIpc) is 3.09. The van der Waals surface area contributed by atoms with Crippen molar-refractivity contribution < 1.29 is 12.8 Å². The van der Waals surface area contributed by atoms with Crippen LogP contribution in [0.1, 0.15) is 5.56 Å². The van der Waals surface area contributed by atoms with Crippen molar-refractivity contribution in [1.29, 1.82) is 0 Å². The summed E-state index contributed by atoms with van der Waals surface area (Å²) >= 11 is 0. The lowest BCUT2D eigenvalue weighted by molar-refractivity contribution is 0.599. The zero-order valence-electron chi connectivity index (χ0n) is 13.3. The van der Waals surface area contributed by atoms with Crippen LogP contribution in [0, 0.1) is 18.2 Å². The number of sulfonamides is 1. The molecule has 0 aliphatic heterocycles. The number of pyridine rings is 1. The van der Waals surface area contributed by atoms with Gasteiger partial charge in [-0.3, -0.25) is 9.71 Å². The monoisotopic (exact) mass is 365 g/mol. The Bertz CT molecular complexity index is 1300. The molecule has 2 aromatic carbocycles. The molecule has 26 heavy (non-hydrogen) atoms. The summed E-state index contributed by atoms with van der Waals surface area (Å²) in [5.74, 6) is 1.56. The molecule has 2 N–H and O–H groups in total. The number of aromatic nitrogens is 2. The second-order valence-corrected chi connectivity index (χ2v) is 7.31. The lowest BCUT2D eigenvalue weighted by Gasteiger charge is -2.08. The summed E-state index contributed by atoms with van der Waals surface area (Å²) < 4.78 is 41.9. The van der Waals surface area contributed by atoms with Gasteiger partial charge in [0.15, 0.2) is 0 Å². The van der Waals surface area contributed by atoms with Gasteiger partial charge in [0.25, 0.3) is 10.0 Å². The van der Waals surface area contributed by atoms with Gasteiger partial charge in [0.2, 0.25) is 0 Å². The van der Waals surface area contributed by atoms with Crippen LogP contribution in [0.25, 0.3) is 21.8 Å². The predicted octanol–water partition coefficient (Wildman–Crippen LogP) is 3.64. The van der Waals surface area contributed by atoms with Gasteiger partial charge in [-0.1, -0.05) is 24.1 Å². The molecule has 0 spiro atoms. The first-order chi connectivity index (χ1) is 12.5. The van der Waals surface area contributed by atoms with E-state index in [0.717, 1.165) is 11.5 Å². The molecule has 128 valence electrons. The van der Waals surface area contributed by atoms with Gasteiger partial charge in [-0.25, -0.2) is 12.8 Å². The summed E-state index contributed by atoms with van der Waals surface area (Å²) in [6.07, 6.45) is 8.22. The van der Waals surface area contributed by atoms with Gasteiger partial charge in [-0.15, -0.1) is 6.42 Å². The normalized spacial score (nSPS) is 11.5. The van der Waals surface area contributed by atoms with Crippen LogP contribution in [-0.2, 0) is 10.0 Å². The summed E-state index contributed by atoms with van der Waals surface area (Å²) in [5.41, 5.74) is 1.43. The number of terminal acetylenes is 1. The molecule has 5 nitrogen and oxygen atoms in total. The number of halogens is 1. The van der Waals surface area contributed by atoms with Gasteiger partial charge >= 0.3 is 0 Å². The van der Waals surface area contributed by atoms with Gasteiger partial charge in [-0.2, -0.15) is 0 Å². The molecular weight excluding hydrogens is 353 g/mol. The highest BCUT2D eigenvalue weighted by Gasteiger charge is 2.21. The number of nitrogens with one attached hydrogen (secondary N) is 2.